The van der Waals surface area contributed by atoms with Gasteiger partial charge in [-0.15, -0.1) is 0 Å². The SMILES string of the molecule is CC(=O)N(CCC(=O)NCCc1c[nH]c2ccccc12)Cc1ccccn1. The van der Waals surface area contributed by atoms with E-state index in [4.69, 9.17) is 0 Å². The van der Waals surface area contributed by atoms with Crippen LogP contribution >= 0.6 is 0 Å². The van der Waals surface area contributed by atoms with Gasteiger partial charge in [-0.2, -0.15) is 0 Å². The lowest BCUT2D eigenvalue weighted by Crippen LogP contribution is -2.34. The summed E-state index contributed by atoms with van der Waals surface area (Å²) in [6, 6.07) is 13.7. The number of H-pyrrole nitrogens is 1. The largest absolute Gasteiger partial charge is 0.361 e. The van der Waals surface area contributed by atoms with E-state index in [-0.39, 0.29) is 18.2 Å². The van der Waals surface area contributed by atoms with Crippen LogP contribution in [0.2, 0.25) is 0 Å². The van der Waals surface area contributed by atoms with E-state index >= 15 is 0 Å². The lowest BCUT2D eigenvalue weighted by atomic mass is 10.1. The fourth-order valence-electron chi connectivity index (χ4n) is 3.03. The molecule has 3 aromatic rings. The summed E-state index contributed by atoms with van der Waals surface area (Å²) in [5, 5.41) is 4.12. The van der Waals surface area contributed by atoms with Crippen molar-refractivity contribution in [3.8, 4) is 0 Å². The van der Waals surface area contributed by atoms with Crippen LogP contribution in [0.3, 0.4) is 0 Å². The van der Waals surface area contributed by atoms with Crippen LogP contribution in [0.1, 0.15) is 24.6 Å². The zero-order valence-corrected chi connectivity index (χ0v) is 15.4. The summed E-state index contributed by atoms with van der Waals surface area (Å²) in [6.45, 7) is 2.88. The highest BCUT2D eigenvalue weighted by Gasteiger charge is 2.12. The molecule has 1 aromatic carbocycles. The van der Waals surface area contributed by atoms with Crippen LogP contribution in [-0.4, -0.2) is 39.8 Å². The molecule has 2 amide bonds. The number of aromatic nitrogens is 2. The van der Waals surface area contributed by atoms with Crippen LogP contribution in [0, 0.1) is 0 Å². The Morgan fingerprint density at radius 1 is 1.15 bits per heavy atom. The zero-order chi connectivity index (χ0) is 19.1. The number of nitrogens with zero attached hydrogens (tertiary/aromatic N) is 2. The molecule has 3 rings (SSSR count). The van der Waals surface area contributed by atoms with Crippen LogP contribution in [-0.2, 0) is 22.6 Å². The Morgan fingerprint density at radius 2 is 1.96 bits per heavy atom. The molecule has 0 aliphatic rings. The monoisotopic (exact) mass is 364 g/mol. The van der Waals surface area contributed by atoms with Crippen molar-refractivity contribution in [2.75, 3.05) is 13.1 Å². The van der Waals surface area contributed by atoms with Gasteiger partial charge in [-0.25, -0.2) is 0 Å². The van der Waals surface area contributed by atoms with E-state index in [2.05, 4.69) is 21.4 Å². The van der Waals surface area contributed by atoms with Gasteiger partial charge in [0, 0.05) is 49.7 Å². The number of hydrogen-bond donors (Lipinski definition) is 2. The number of pyridine rings is 1. The van der Waals surface area contributed by atoms with E-state index in [0.29, 0.717) is 19.6 Å². The van der Waals surface area contributed by atoms with Gasteiger partial charge in [-0.1, -0.05) is 24.3 Å². The summed E-state index contributed by atoms with van der Waals surface area (Å²) in [6.07, 6.45) is 4.73. The van der Waals surface area contributed by atoms with Crippen molar-refractivity contribution in [1.29, 1.82) is 0 Å². The van der Waals surface area contributed by atoms with Crippen LogP contribution in [0.15, 0.2) is 54.9 Å². The van der Waals surface area contributed by atoms with Crippen molar-refractivity contribution >= 4 is 22.7 Å². The van der Waals surface area contributed by atoms with Gasteiger partial charge in [-0.05, 0) is 30.2 Å². The van der Waals surface area contributed by atoms with E-state index in [0.717, 1.165) is 17.6 Å². The highest BCUT2D eigenvalue weighted by molar-refractivity contribution is 5.83. The molecule has 0 aliphatic carbocycles. The number of fused-ring (bicyclic) bond motifs is 1. The number of hydrogen-bond acceptors (Lipinski definition) is 3. The second-order valence-corrected chi connectivity index (χ2v) is 6.47. The van der Waals surface area contributed by atoms with Gasteiger partial charge in [0.05, 0.1) is 12.2 Å². The Labute approximate surface area is 158 Å². The molecule has 2 N–H and O–H groups in total. The average Bonchev–Trinajstić information content (AvgIpc) is 3.09. The second-order valence-electron chi connectivity index (χ2n) is 6.47. The molecule has 0 bridgehead atoms. The molecule has 0 radical (unpaired) electrons. The van der Waals surface area contributed by atoms with Crippen LogP contribution < -0.4 is 5.32 Å². The van der Waals surface area contributed by atoms with Gasteiger partial charge < -0.3 is 15.2 Å². The number of rotatable bonds is 8. The van der Waals surface area contributed by atoms with Gasteiger partial charge in [0.2, 0.25) is 11.8 Å². The van der Waals surface area contributed by atoms with Crippen molar-refractivity contribution in [1.82, 2.24) is 20.2 Å². The van der Waals surface area contributed by atoms with E-state index in [1.54, 1.807) is 11.1 Å². The fraction of sp³-hybridized carbons (Fsp3) is 0.286. The van der Waals surface area contributed by atoms with Gasteiger partial charge in [-0.3, -0.25) is 14.6 Å². The number of para-hydroxylation sites is 1. The fourth-order valence-corrected chi connectivity index (χ4v) is 3.03. The lowest BCUT2D eigenvalue weighted by Gasteiger charge is -2.20. The van der Waals surface area contributed by atoms with E-state index in [1.165, 1.54) is 17.9 Å². The third-order valence-electron chi connectivity index (χ3n) is 4.52. The maximum absolute atomic E-state index is 12.1. The first-order valence-corrected chi connectivity index (χ1v) is 9.10. The molecule has 140 valence electrons. The lowest BCUT2D eigenvalue weighted by molar-refractivity contribution is -0.130. The predicted octanol–water partition coefficient (Wildman–Crippen LogP) is 2.66. The number of carbonyl (C=O) groups excluding carboxylic acids is 2. The van der Waals surface area contributed by atoms with Gasteiger partial charge >= 0.3 is 0 Å². The van der Waals surface area contributed by atoms with Gasteiger partial charge in [0.1, 0.15) is 0 Å². The van der Waals surface area contributed by atoms with Crippen LogP contribution in [0.25, 0.3) is 10.9 Å². The topological polar surface area (TPSA) is 78.1 Å². The van der Waals surface area contributed by atoms with Crippen molar-refractivity contribution in [2.45, 2.75) is 26.3 Å². The normalized spacial score (nSPS) is 10.7. The zero-order valence-electron chi connectivity index (χ0n) is 15.4. The maximum atomic E-state index is 12.1. The molecular formula is C21H24N4O2. The Morgan fingerprint density at radius 3 is 2.74 bits per heavy atom. The molecule has 0 saturated carbocycles. The molecule has 6 nitrogen and oxygen atoms in total. The summed E-state index contributed by atoms with van der Waals surface area (Å²) in [4.78, 5) is 33.1. The first-order valence-electron chi connectivity index (χ1n) is 9.10. The Kier molecular flexibility index (Phi) is 6.20. The quantitative estimate of drug-likeness (QED) is 0.645. The number of aromatic amines is 1. The van der Waals surface area contributed by atoms with E-state index < -0.39 is 0 Å². The number of amides is 2. The summed E-state index contributed by atoms with van der Waals surface area (Å²) in [5.74, 6) is -0.116. The van der Waals surface area contributed by atoms with Crippen molar-refractivity contribution in [2.24, 2.45) is 0 Å². The Balaban J connectivity index is 1.45. The summed E-state index contributed by atoms with van der Waals surface area (Å²) >= 11 is 0. The summed E-state index contributed by atoms with van der Waals surface area (Å²) in [5.41, 5.74) is 3.10. The first-order chi connectivity index (χ1) is 13.1. The molecule has 2 aromatic heterocycles. The average molecular weight is 364 g/mol. The number of nitrogens with one attached hydrogen (secondary N) is 2. The minimum Gasteiger partial charge on any atom is -0.361 e. The van der Waals surface area contributed by atoms with E-state index in [1.807, 2.05) is 42.6 Å². The van der Waals surface area contributed by atoms with Crippen molar-refractivity contribution < 1.29 is 9.59 Å². The molecular weight excluding hydrogens is 340 g/mol. The van der Waals surface area contributed by atoms with Crippen molar-refractivity contribution in [3.05, 3.63) is 66.1 Å². The first kappa shape index (κ1) is 18.6. The number of carbonyl (C=O) groups is 2. The smallest absolute Gasteiger partial charge is 0.221 e. The number of benzene rings is 1. The Hall–Kier alpha value is -3.15. The van der Waals surface area contributed by atoms with Gasteiger partial charge in [0.15, 0.2) is 0 Å². The molecule has 6 heteroatoms. The molecule has 0 atom stereocenters. The molecule has 0 fully saturated rings. The summed E-state index contributed by atoms with van der Waals surface area (Å²) < 4.78 is 0. The molecule has 0 aliphatic heterocycles. The standard InChI is InChI=1S/C21H24N4O2/c1-16(26)25(15-18-6-4-5-11-22-18)13-10-21(27)23-12-9-17-14-24-20-8-3-2-7-19(17)20/h2-8,11,14,24H,9-10,12-13,15H2,1H3,(H,23,27). The van der Waals surface area contributed by atoms with Crippen LogP contribution in [0.5, 0.6) is 0 Å². The minimum absolute atomic E-state index is 0.0536. The highest BCUT2D eigenvalue weighted by atomic mass is 16.2. The second kappa shape index (κ2) is 8.98. The molecule has 27 heavy (non-hydrogen) atoms. The maximum Gasteiger partial charge on any atom is 0.221 e. The molecule has 0 unspecified atom stereocenters. The minimum atomic E-state index is -0.0627. The van der Waals surface area contributed by atoms with Gasteiger partial charge in [0.25, 0.3) is 0 Å². The van der Waals surface area contributed by atoms with Crippen LogP contribution in [0.4, 0.5) is 0 Å². The molecule has 2 heterocycles. The summed E-state index contributed by atoms with van der Waals surface area (Å²) in [7, 11) is 0. The third-order valence-corrected chi connectivity index (χ3v) is 4.52. The molecule has 0 saturated heterocycles. The molecule has 0 spiro atoms. The highest BCUT2D eigenvalue weighted by Crippen LogP contribution is 2.17. The third kappa shape index (κ3) is 5.17. The van der Waals surface area contributed by atoms with E-state index in [9.17, 15) is 9.59 Å². The Bertz CT molecular complexity index is 905. The van der Waals surface area contributed by atoms with Crippen molar-refractivity contribution in [3.63, 3.8) is 0 Å². The predicted molar refractivity (Wildman–Crippen MR) is 105 cm³/mol.